The van der Waals surface area contributed by atoms with Crippen molar-refractivity contribution in [3.8, 4) is 5.75 Å². The quantitative estimate of drug-likeness (QED) is 0.540. The van der Waals surface area contributed by atoms with Crippen molar-refractivity contribution >= 4 is 10.9 Å². The molecule has 0 spiro atoms. The molecule has 1 aliphatic heterocycles. The van der Waals surface area contributed by atoms with Gasteiger partial charge in [-0.15, -0.1) is 0 Å². The van der Waals surface area contributed by atoms with Gasteiger partial charge in [0.2, 0.25) is 0 Å². The number of aromatic amines is 1. The standard InChI is InChI=1S/C24H30FN3O2/c1-27(18-22-16-20-15-21(25)7-8-23(20)26-22)17-19-5-2-3-6-24(19)30-12-4-9-28-10-13-29-14-11-28/h2-3,5-8,15-16,26H,4,9-14,17-18H2,1H3. The van der Waals surface area contributed by atoms with Crippen molar-refractivity contribution in [2.75, 3.05) is 46.5 Å². The highest BCUT2D eigenvalue weighted by atomic mass is 19.1. The third-order valence-electron chi connectivity index (χ3n) is 5.47. The molecule has 0 aliphatic carbocycles. The Balaban J connectivity index is 1.30. The van der Waals surface area contributed by atoms with Crippen molar-refractivity contribution in [1.82, 2.24) is 14.8 Å². The number of para-hydroxylation sites is 1. The average molecular weight is 412 g/mol. The summed E-state index contributed by atoms with van der Waals surface area (Å²) in [6.07, 6.45) is 1.01. The first-order valence-corrected chi connectivity index (χ1v) is 10.6. The smallest absolute Gasteiger partial charge is 0.123 e. The Morgan fingerprint density at radius 1 is 1.10 bits per heavy atom. The number of hydrogen-bond donors (Lipinski definition) is 1. The van der Waals surface area contributed by atoms with Crippen molar-refractivity contribution in [2.45, 2.75) is 19.5 Å². The molecule has 1 saturated heterocycles. The van der Waals surface area contributed by atoms with Crippen molar-refractivity contribution in [1.29, 1.82) is 0 Å². The number of ether oxygens (including phenoxy) is 2. The fraction of sp³-hybridized carbons (Fsp3) is 0.417. The summed E-state index contributed by atoms with van der Waals surface area (Å²) in [5.74, 6) is 0.742. The van der Waals surface area contributed by atoms with E-state index >= 15 is 0 Å². The lowest BCUT2D eigenvalue weighted by atomic mass is 10.2. The molecule has 30 heavy (non-hydrogen) atoms. The van der Waals surface area contributed by atoms with Crippen LogP contribution in [-0.4, -0.2) is 61.3 Å². The molecular formula is C24H30FN3O2. The second-order valence-corrected chi connectivity index (χ2v) is 7.96. The van der Waals surface area contributed by atoms with Gasteiger partial charge in [-0.1, -0.05) is 18.2 Å². The van der Waals surface area contributed by atoms with E-state index in [1.54, 1.807) is 12.1 Å². The molecule has 1 fully saturated rings. The lowest BCUT2D eigenvalue weighted by molar-refractivity contribution is 0.0357. The minimum atomic E-state index is -0.207. The summed E-state index contributed by atoms with van der Waals surface area (Å²) in [7, 11) is 2.08. The number of benzene rings is 2. The van der Waals surface area contributed by atoms with Crippen LogP contribution in [-0.2, 0) is 17.8 Å². The van der Waals surface area contributed by atoms with Crippen LogP contribution < -0.4 is 4.74 Å². The Labute approximate surface area is 177 Å². The molecule has 0 amide bonds. The number of halogens is 1. The molecule has 2 aromatic carbocycles. The highest BCUT2D eigenvalue weighted by Gasteiger charge is 2.11. The molecule has 0 atom stereocenters. The molecule has 0 saturated carbocycles. The number of hydrogen-bond acceptors (Lipinski definition) is 4. The lowest BCUT2D eigenvalue weighted by Gasteiger charge is -2.26. The SMILES string of the molecule is CN(Cc1cc2cc(F)ccc2[nH]1)Cc1ccccc1OCCCN1CCOCC1. The van der Waals surface area contributed by atoms with Gasteiger partial charge in [0, 0.05) is 54.9 Å². The minimum Gasteiger partial charge on any atom is -0.493 e. The predicted molar refractivity (Wildman–Crippen MR) is 117 cm³/mol. The topological polar surface area (TPSA) is 40.7 Å². The fourth-order valence-electron chi connectivity index (χ4n) is 3.96. The van der Waals surface area contributed by atoms with E-state index in [-0.39, 0.29) is 5.82 Å². The highest BCUT2D eigenvalue weighted by molar-refractivity contribution is 5.80. The highest BCUT2D eigenvalue weighted by Crippen LogP contribution is 2.22. The van der Waals surface area contributed by atoms with Gasteiger partial charge in [0.15, 0.2) is 0 Å². The molecule has 6 heteroatoms. The first kappa shape index (κ1) is 20.8. The van der Waals surface area contributed by atoms with Crippen LogP contribution in [0.25, 0.3) is 10.9 Å². The molecule has 0 bridgehead atoms. The minimum absolute atomic E-state index is 0.207. The number of rotatable bonds is 9. The summed E-state index contributed by atoms with van der Waals surface area (Å²) < 4.78 is 24.9. The van der Waals surface area contributed by atoms with Crippen LogP contribution >= 0.6 is 0 Å². The van der Waals surface area contributed by atoms with E-state index in [0.29, 0.717) is 6.61 Å². The maximum absolute atomic E-state index is 13.4. The van der Waals surface area contributed by atoms with Gasteiger partial charge >= 0.3 is 0 Å². The zero-order valence-electron chi connectivity index (χ0n) is 17.6. The van der Waals surface area contributed by atoms with Crippen LogP contribution in [0.2, 0.25) is 0 Å². The zero-order chi connectivity index (χ0) is 20.8. The van der Waals surface area contributed by atoms with Gasteiger partial charge in [-0.2, -0.15) is 0 Å². The van der Waals surface area contributed by atoms with E-state index in [4.69, 9.17) is 9.47 Å². The van der Waals surface area contributed by atoms with Gasteiger partial charge < -0.3 is 14.5 Å². The number of aromatic nitrogens is 1. The van der Waals surface area contributed by atoms with Crippen LogP contribution in [0.4, 0.5) is 4.39 Å². The maximum Gasteiger partial charge on any atom is 0.123 e. The van der Waals surface area contributed by atoms with Gasteiger partial charge in [0.1, 0.15) is 11.6 Å². The molecule has 2 heterocycles. The summed E-state index contributed by atoms with van der Waals surface area (Å²) in [6.45, 7) is 7.00. The van der Waals surface area contributed by atoms with Crippen LogP contribution in [0.15, 0.2) is 48.5 Å². The zero-order valence-corrected chi connectivity index (χ0v) is 17.6. The summed E-state index contributed by atoms with van der Waals surface area (Å²) in [5, 5.41) is 0.905. The Kier molecular flexibility index (Phi) is 7.00. The lowest BCUT2D eigenvalue weighted by Crippen LogP contribution is -2.37. The summed E-state index contributed by atoms with van der Waals surface area (Å²) in [4.78, 5) is 8.04. The predicted octanol–water partition coefficient (Wildman–Crippen LogP) is 4.04. The largest absolute Gasteiger partial charge is 0.493 e. The summed E-state index contributed by atoms with van der Waals surface area (Å²) in [6, 6.07) is 15.1. The second-order valence-electron chi connectivity index (χ2n) is 7.96. The Bertz CT molecular complexity index is 953. The van der Waals surface area contributed by atoms with Gasteiger partial charge in [0.05, 0.1) is 19.8 Å². The van der Waals surface area contributed by atoms with Crippen LogP contribution in [0.1, 0.15) is 17.7 Å². The van der Waals surface area contributed by atoms with Crippen LogP contribution in [0.5, 0.6) is 5.75 Å². The van der Waals surface area contributed by atoms with E-state index in [1.807, 2.05) is 18.2 Å². The molecule has 1 aliphatic rings. The normalized spacial score (nSPS) is 15.2. The molecule has 5 nitrogen and oxygen atoms in total. The van der Waals surface area contributed by atoms with E-state index < -0.39 is 0 Å². The van der Waals surface area contributed by atoms with Gasteiger partial charge in [-0.3, -0.25) is 9.80 Å². The number of morpholine rings is 1. The molecule has 0 unspecified atom stereocenters. The van der Waals surface area contributed by atoms with Crippen molar-refractivity contribution < 1.29 is 13.9 Å². The third-order valence-corrected chi connectivity index (χ3v) is 5.47. The first-order chi connectivity index (χ1) is 14.7. The van der Waals surface area contributed by atoms with Gasteiger partial charge in [-0.05, 0) is 43.8 Å². The molecular weight excluding hydrogens is 381 g/mol. The molecule has 160 valence electrons. The maximum atomic E-state index is 13.4. The molecule has 0 radical (unpaired) electrons. The monoisotopic (exact) mass is 411 g/mol. The number of nitrogens with zero attached hydrogens (tertiary/aromatic N) is 2. The Morgan fingerprint density at radius 3 is 2.80 bits per heavy atom. The molecule has 3 aromatic rings. The molecule has 1 aromatic heterocycles. The summed E-state index contributed by atoms with van der Waals surface area (Å²) in [5.41, 5.74) is 3.21. The second kappa shape index (κ2) is 10.1. The molecule has 1 N–H and O–H groups in total. The number of H-pyrrole nitrogens is 1. The summed E-state index contributed by atoms with van der Waals surface area (Å²) >= 11 is 0. The fourth-order valence-corrected chi connectivity index (χ4v) is 3.96. The van der Waals surface area contributed by atoms with Crippen LogP contribution in [0.3, 0.4) is 0 Å². The van der Waals surface area contributed by atoms with E-state index in [0.717, 1.165) is 74.7 Å². The van der Waals surface area contributed by atoms with Crippen LogP contribution in [0, 0.1) is 5.82 Å². The van der Waals surface area contributed by atoms with Gasteiger partial charge in [0.25, 0.3) is 0 Å². The van der Waals surface area contributed by atoms with E-state index in [1.165, 1.54) is 11.6 Å². The Morgan fingerprint density at radius 2 is 1.93 bits per heavy atom. The number of nitrogens with one attached hydrogen (secondary N) is 1. The number of fused-ring (bicyclic) bond motifs is 1. The van der Waals surface area contributed by atoms with Crippen molar-refractivity contribution in [2.24, 2.45) is 0 Å². The van der Waals surface area contributed by atoms with Gasteiger partial charge in [-0.25, -0.2) is 4.39 Å². The molecule has 4 rings (SSSR count). The Hall–Kier alpha value is -2.41. The van der Waals surface area contributed by atoms with E-state index in [2.05, 4.69) is 34.0 Å². The van der Waals surface area contributed by atoms with Crippen molar-refractivity contribution in [3.05, 3.63) is 65.6 Å². The average Bonchev–Trinajstić information content (AvgIpc) is 3.14. The first-order valence-electron chi connectivity index (χ1n) is 10.6. The van der Waals surface area contributed by atoms with E-state index in [9.17, 15) is 4.39 Å². The van der Waals surface area contributed by atoms with Crippen molar-refractivity contribution in [3.63, 3.8) is 0 Å². The third kappa shape index (κ3) is 5.59.